The Morgan fingerprint density at radius 1 is 0.700 bits per heavy atom. The van der Waals surface area contributed by atoms with Gasteiger partial charge >= 0.3 is 17.8 Å². The van der Waals surface area contributed by atoms with E-state index in [2.05, 4.69) is 0 Å². The highest BCUT2D eigenvalue weighted by atomic mass is 32.1. The van der Waals surface area contributed by atoms with Crippen LogP contribution < -0.4 is 0 Å². The zero-order valence-electron chi connectivity index (χ0n) is 15.3. The van der Waals surface area contributed by atoms with Gasteiger partial charge in [0, 0.05) is 47.3 Å². The van der Waals surface area contributed by atoms with E-state index < -0.39 is 28.9 Å². The summed E-state index contributed by atoms with van der Waals surface area (Å²) in [4.78, 5) is 0.288. The zero-order valence-corrected chi connectivity index (χ0v) is 16.9. The fourth-order valence-corrected chi connectivity index (χ4v) is 6.08. The van der Waals surface area contributed by atoms with Gasteiger partial charge in [-0.2, -0.15) is 26.3 Å². The monoisotopic (exact) mass is 454 g/mol. The molecule has 30 heavy (non-hydrogen) atoms. The van der Waals surface area contributed by atoms with Gasteiger partial charge in [-0.25, -0.2) is 0 Å². The molecule has 1 aliphatic rings. The predicted octanol–water partition coefficient (Wildman–Crippen LogP) is 8.25. The summed E-state index contributed by atoms with van der Waals surface area (Å²) in [7, 11) is 0. The Morgan fingerprint density at radius 3 is 1.97 bits per heavy atom. The quantitative estimate of drug-likeness (QED) is 0.268. The first-order valence-corrected chi connectivity index (χ1v) is 10.6. The third kappa shape index (κ3) is 2.29. The normalized spacial score (nSPS) is 19.8. The summed E-state index contributed by atoms with van der Waals surface area (Å²) in [6, 6.07) is 12.8. The second-order valence-corrected chi connectivity index (χ2v) is 9.32. The zero-order chi connectivity index (χ0) is 21.5. The highest BCUT2D eigenvalue weighted by Gasteiger charge is 2.80. The van der Waals surface area contributed by atoms with Crippen LogP contribution in [0.3, 0.4) is 0 Å². The van der Waals surface area contributed by atoms with Crippen LogP contribution in [-0.4, -0.2) is 17.8 Å². The van der Waals surface area contributed by atoms with Gasteiger partial charge in [0.1, 0.15) is 0 Å². The lowest BCUT2D eigenvalue weighted by molar-refractivity contribution is -0.254. The van der Waals surface area contributed by atoms with Crippen LogP contribution in [0.25, 0.3) is 31.3 Å². The molecule has 0 saturated heterocycles. The van der Waals surface area contributed by atoms with E-state index in [4.69, 9.17) is 0 Å². The number of fused-ring (bicyclic) bond motifs is 2. The van der Waals surface area contributed by atoms with Crippen LogP contribution >= 0.6 is 22.7 Å². The first kappa shape index (κ1) is 19.6. The maximum absolute atomic E-state index is 15.1. The van der Waals surface area contributed by atoms with Gasteiger partial charge in [-0.3, -0.25) is 0 Å². The summed E-state index contributed by atoms with van der Waals surface area (Å²) in [5.74, 6) is -15.6. The van der Waals surface area contributed by atoms with Crippen molar-refractivity contribution in [1.29, 1.82) is 0 Å². The van der Waals surface area contributed by atoms with Gasteiger partial charge in [-0.1, -0.05) is 36.4 Å². The molecule has 2 aromatic carbocycles. The molecule has 154 valence electrons. The van der Waals surface area contributed by atoms with Crippen LogP contribution in [0.5, 0.6) is 0 Å². The van der Waals surface area contributed by atoms with Gasteiger partial charge in [-0.05, 0) is 24.4 Å². The van der Waals surface area contributed by atoms with Crippen molar-refractivity contribution in [3.8, 4) is 0 Å². The molecule has 8 heteroatoms. The maximum atomic E-state index is 15.1. The molecule has 0 fully saturated rings. The molecule has 0 unspecified atom stereocenters. The lowest BCUT2D eigenvalue weighted by Crippen LogP contribution is -2.48. The molecule has 5 rings (SSSR count). The van der Waals surface area contributed by atoms with E-state index >= 15 is 17.6 Å². The number of halogens is 6. The van der Waals surface area contributed by atoms with Gasteiger partial charge in [0.25, 0.3) is 0 Å². The van der Waals surface area contributed by atoms with E-state index in [0.29, 0.717) is 9.40 Å². The van der Waals surface area contributed by atoms with Crippen molar-refractivity contribution >= 4 is 54.0 Å². The Morgan fingerprint density at radius 2 is 1.27 bits per heavy atom. The molecule has 2 aromatic heterocycles. The smallest absolute Gasteiger partial charge is 0.194 e. The van der Waals surface area contributed by atoms with Crippen molar-refractivity contribution in [2.24, 2.45) is 0 Å². The largest absolute Gasteiger partial charge is 0.380 e. The van der Waals surface area contributed by atoms with E-state index in [9.17, 15) is 8.78 Å². The third-order valence-corrected chi connectivity index (χ3v) is 7.49. The van der Waals surface area contributed by atoms with Crippen LogP contribution in [0.1, 0.15) is 16.0 Å². The SMILES string of the molecule is Cc1sc2ccccc2c1C1=C(c2csc3ccccc23)C(F)(F)C(F)(F)C1(F)F. The maximum Gasteiger partial charge on any atom is 0.380 e. The molecule has 0 amide bonds. The second-order valence-electron chi connectivity index (χ2n) is 7.15. The van der Waals surface area contributed by atoms with Crippen molar-refractivity contribution < 1.29 is 26.3 Å². The van der Waals surface area contributed by atoms with Gasteiger partial charge in [-0.15, -0.1) is 22.7 Å². The molecule has 1 aliphatic carbocycles. The lowest BCUT2D eigenvalue weighted by atomic mass is 9.93. The fourth-order valence-electron chi connectivity index (χ4n) is 4.06. The Hall–Kier alpha value is -2.32. The number of benzene rings is 2. The minimum atomic E-state index is -5.55. The molecule has 0 N–H and O–H groups in total. The molecule has 0 saturated carbocycles. The molecule has 0 nitrogen and oxygen atoms in total. The second kappa shape index (κ2) is 6.11. The van der Waals surface area contributed by atoms with E-state index in [1.54, 1.807) is 36.4 Å². The van der Waals surface area contributed by atoms with Gasteiger partial charge in [0.2, 0.25) is 0 Å². The van der Waals surface area contributed by atoms with E-state index in [1.165, 1.54) is 24.4 Å². The number of hydrogen-bond donors (Lipinski definition) is 0. The van der Waals surface area contributed by atoms with Crippen LogP contribution in [0.15, 0.2) is 53.9 Å². The Kier molecular flexibility index (Phi) is 4.00. The molecular formula is C22H12F6S2. The summed E-state index contributed by atoms with van der Waals surface area (Å²) in [6.07, 6.45) is 0. The molecule has 0 spiro atoms. The summed E-state index contributed by atoms with van der Waals surface area (Å²) in [5, 5.41) is 1.77. The minimum Gasteiger partial charge on any atom is -0.194 e. The number of allylic oxidation sites excluding steroid dienone is 2. The molecular weight excluding hydrogens is 442 g/mol. The fraction of sp³-hybridized carbons (Fsp3) is 0.182. The van der Waals surface area contributed by atoms with Crippen LogP contribution in [-0.2, 0) is 0 Å². The standard InChI is InChI=1S/C22H12F6S2/c1-11-17(13-7-3-5-9-16(13)30-11)19-18(20(23,24)22(27,28)21(19,25)26)14-10-29-15-8-4-2-6-12(14)15/h2-10H,1H3. The van der Waals surface area contributed by atoms with Crippen molar-refractivity contribution in [1.82, 2.24) is 0 Å². The molecule has 0 radical (unpaired) electrons. The van der Waals surface area contributed by atoms with E-state index in [1.807, 2.05) is 0 Å². The van der Waals surface area contributed by atoms with Gasteiger partial charge in [0.15, 0.2) is 0 Å². The van der Waals surface area contributed by atoms with Crippen molar-refractivity contribution in [2.75, 3.05) is 0 Å². The first-order valence-electron chi connectivity index (χ1n) is 8.93. The summed E-state index contributed by atoms with van der Waals surface area (Å²) >= 11 is 2.17. The molecule has 2 heterocycles. The molecule has 4 aromatic rings. The highest BCUT2D eigenvalue weighted by Crippen LogP contribution is 2.66. The summed E-state index contributed by atoms with van der Waals surface area (Å²) in [5.41, 5.74) is -3.08. The topological polar surface area (TPSA) is 0 Å². The molecule has 0 aliphatic heterocycles. The Labute approximate surface area is 175 Å². The van der Waals surface area contributed by atoms with Crippen molar-refractivity contribution in [3.05, 3.63) is 69.9 Å². The Balaban J connectivity index is 1.97. The van der Waals surface area contributed by atoms with Crippen molar-refractivity contribution in [2.45, 2.75) is 24.7 Å². The number of alkyl halides is 6. The summed E-state index contributed by atoms with van der Waals surface area (Å²) in [6.45, 7) is 1.49. The summed E-state index contributed by atoms with van der Waals surface area (Å²) < 4.78 is 90.7. The van der Waals surface area contributed by atoms with Crippen LogP contribution in [0, 0.1) is 6.92 Å². The highest BCUT2D eigenvalue weighted by molar-refractivity contribution is 7.19. The van der Waals surface area contributed by atoms with Gasteiger partial charge in [0.05, 0.1) is 0 Å². The number of thiophene rings is 2. The van der Waals surface area contributed by atoms with Crippen LogP contribution in [0.2, 0.25) is 0 Å². The average Bonchev–Trinajstić information content (AvgIpc) is 3.28. The molecule has 0 atom stereocenters. The average molecular weight is 454 g/mol. The third-order valence-electron chi connectivity index (χ3n) is 5.44. The van der Waals surface area contributed by atoms with E-state index in [0.717, 1.165) is 22.7 Å². The predicted molar refractivity (Wildman–Crippen MR) is 110 cm³/mol. The minimum absolute atomic E-state index is 0.234. The van der Waals surface area contributed by atoms with Crippen LogP contribution in [0.4, 0.5) is 26.3 Å². The van der Waals surface area contributed by atoms with E-state index in [-0.39, 0.29) is 26.8 Å². The number of aryl methyl sites for hydroxylation is 1. The number of hydrogen-bond acceptors (Lipinski definition) is 2. The first-order chi connectivity index (χ1) is 14.1. The molecule has 0 bridgehead atoms. The van der Waals surface area contributed by atoms with Crippen molar-refractivity contribution in [3.63, 3.8) is 0 Å². The number of rotatable bonds is 2. The lowest BCUT2D eigenvalue weighted by Gasteiger charge is -2.25. The van der Waals surface area contributed by atoms with Gasteiger partial charge < -0.3 is 0 Å². The Bertz CT molecular complexity index is 1340.